The molecule has 1 unspecified atom stereocenters. The summed E-state index contributed by atoms with van der Waals surface area (Å²) in [5.74, 6) is 0. The van der Waals surface area contributed by atoms with Gasteiger partial charge in [-0.1, -0.05) is 47.6 Å². The van der Waals surface area contributed by atoms with E-state index in [4.69, 9.17) is 8.85 Å². The lowest BCUT2D eigenvalue weighted by Crippen LogP contribution is -2.52. The summed E-state index contributed by atoms with van der Waals surface area (Å²) in [7, 11) is -4.10. The maximum absolute atomic E-state index is 13.3. The van der Waals surface area contributed by atoms with Gasteiger partial charge in [0, 0.05) is 23.7 Å². The number of pyridine rings is 1. The van der Waals surface area contributed by atoms with Crippen molar-refractivity contribution >= 4 is 28.0 Å². The number of hydrogen-bond acceptors (Lipinski definition) is 5. The highest BCUT2D eigenvalue weighted by Gasteiger charge is 2.45. The van der Waals surface area contributed by atoms with Crippen molar-refractivity contribution in [1.29, 1.82) is 0 Å². The van der Waals surface area contributed by atoms with Gasteiger partial charge in [-0.2, -0.15) is 0 Å². The molecule has 1 aromatic heterocycles. The lowest BCUT2D eigenvalue weighted by Gasteiger charge is -2.43. The predicted octanol–water partition coefficient (Wildman–Crippen LogP) is 7.37. The average Bonchev–Trinajstić information content (AvgIpc) is 2.63. The van der Waals surface area contributed by atoms with E-state index in [0.717, 1.165) is 5.69 Å². The van der Waals surface area contributed by atoms with E-state index in [2.05, 4.69) is 84.4 Å². The highest BCUT2D eigenvalue weighted by atomic mass is 32.2. The molecule has 198 valence electrons. The Balaban J connectivity index is 3.42. The molecular formula is C26H52N2O3SSi2. The Morgan fingerprint density at radius 3 is 1.82 bits per heavy atom. The van der Waals surface area contributed by atoms with Crippen molar-refractivity contribution in [3.8, 4) is 0 Å². The number of hydrogen-bond donors (Lipinski definition) is 1. The van der Waals surface area contributed by atoms with E-state index in [0.29, 0.717) is 6.42 Å². The zero-order chi connectivity index (χ0) is 26.8. The molecule has 1 rings (SSSR count). The third-order valence-electron chi connectivity index (χ3n) is 7.27. The van der Waals surface area contributed by atoms with Crippen LogP contribution in [0.25, 0.3) is 0 Å². The average molecular weight is 529 g/mol. The van der Waals surface area contributed by atoms with Crippen molar-refractivity contribution in [2.75, 3.05) is 0 Å². The molecular weight excluding hydrogens is 477 g/mol. The second-order valence-electron chi connectivity index (χ2n) is 13.6. The molecule has 0 spiro atoms. The molecule has 0 saturated heterocycles. The minimum atomic E-state index is -2.15. The van der Waals surface area contributed by atoms with Crippen molar-refractivity contribution in [1.82, 2.24) is 9.71 Å². The first-order chi connectivity index (χ1) is 15.1. The quantitative estimate of drug-likeness (QED) is 0.254. The van der Waals surface area contributed by atoms with E-state index in [1.54, 1.807) is 0 Å². The fourth-order valence-corrected chi connectivity index (χ4v) is 6.60. The Hall–Kier alpha value is -0.226. The molecule has 0 radical (unpaired) electrons. The third-order valence-corrected chi connectivity index (χ3v) is 18.0. The van der Waals surface area contributed by atoms with Crippen LogP contribution in [0.3, 0.4) is 0 Å². The molecule has 34 heavy (non-hydrogen) atoms. The predicted molar refractivity (Wildman–Crippen MR) is 152 cm³/mol. The van der Waals surface area contributed by atoms with Crippen LogP contribution in [0.5, 0.6) is 0 Å². The molecule has 8 heteroatoms. The van der Waals surface area contributed by atoms with Gasteiger partial charge in [-0.25, -0.2) is 0 Å². The Kier molecular flexibility index (Phi) is 10.7. The van der Waals surface area contributed by atoms with Crippen molar-refractivity contribution < 1.29 is 13.4 Å². The maximum Gasteiger partial charge on any atom is 0.193 e. The van der Waals surface area contributed by atoms with E-state index >= 15 is 0 Å². The number of aromatic nitrogens is 1. The van der Waals surface area contributed by atoms with Crippen LogP contribution in [-0.2, 0) is 20.2 Å². The van der Waals surface area contributed by atoms with Gasteiger partial charge in [0.15, 0.2) is 16.6 Å². The summed E-state index contributed by atoms with van der Waals surface area (Å²) in [6.45, 7) is 30.7. The standard InChI is InChI=1S/C26H52N2O3SSi2/c1-20(30-33(11,12)25(5,6)7)19-22(28-32(29)24(2,3)4)23(21-17-15-16-18-27-21)31-34(13,14)26(8,9)10/h15-18,20,22-23,28H,19H2,1-14H3/t20-,22-,23?,32+/m0/s1. The minimum absolute atomic E-state index is 0.00964. The molecule has 5 nitrogen and oxygen atoms in total. The SMILES string of the molecule is C[C@@H](C[C@H](N[S@+]([O-])C(C)(C)C)C(O[Si](C)(C)C(C)(C)C)c1ccccn1)O[Si](C)(C)C(C)(C)C. The van der Waals surface area contributed by atoms with Gasteiger partial charge in [-0.05, 0) is 82.5 Å². The highest BCUT2D eigenvalue weighted by molar-refractivity contribution is 7.90. The summed E-state index contributed by atoms with van der Waals surface area (Å²) in [4.78, 5) is 4.68. The van der Waals surface area contributed by atoms with Crippen LogP contribution in [0.2, 0.25) is 36.3 Å². The summed E-state index contributed by atoms with van der Waals surface area (Å²) in [5.41, 5.74) is 0.871. The summed E-state index contributed by atoms with van der Waals surface area (Å²) in [5, 5.41) is 0.160. The van der Waals surface area contributed by atoms with E-state index in [-0.39, 0.29) is 28.3 Å². The first-order valence-electron chi connectivity index (χ1n) is 12.5. The summed E-state index contributed by atoms with van der Waals surface area (Å²) < 4.78 is 30.1. The Labute approximate surface area is 215 Å². The monoisotopic (exact) mass is 528 g/mol. The molecule has 0 aliphatic rings. The molecule has 4 atom stereocenters. The van der Waals surface area contributed by atoms with Gasteiger partial charge in [0.1, 0.15) is 10.9 Å². The first-order valence-corrected chi connectivity index (χ1v) is 19.5. The van der Waals surface area contributed by atoms with Gasteiger partial charge in [0.25, 0.3) is 0 Å². The van der Waals surface area contributed by atoms with Crippen LogP contribution in [0.15, 0.2) is 24.4 Å². The number of rotatable bonds is 10. The molecule has 1 heterocycles. The summed E-state index contributed by atoms with van der Waals surface area (Å²) in [6.07, 6.45) is 2.16. The molecule has 0 saturated carbocycles. The lowest BCUT2D eigenvalue weighted by molar-refractivity contribution is 0.103. The second-order valence-corrected chi connectivity index (χ2v) is 25.1. The summed E-state index contributed by atoms with van der Waals surface area (Å²) >= 11 is -1.25. The van der Waals surface area contributed by atoms with Gasteiger partial charge < -0.3 is 13.4 Å². The van der Waals surface area contributed by atoms with Crippen LogP contribution in [-0.4, -0.2) is 43.1 Å². The van der Waals surface area contributed by atoms with Gasteiger partial charge in [0.2, 0.25) is 0 Å². The van der Waals surface area contributed by atoms with Crippen LogP contribution in [0, 0.1) is 0 Å². The normalized spacial score (nSPS) is 17.9. The smallest absolute Gasteiger partial charge is 0.193 e. The fraction of sp³-hybridized carbons (Fsp3) is 0.808. The Morgan fingerprint density at radius 1 is 0.912 bits per heavy atom. The Bertz CT molecular complexity index is 756. The first kappa shape index (κ1) is 31.8. The molecule has 1 aromatic rings. The number of nitrogens with zero attached hydrogens (tertiary/aromatic N) is 1. The van der Waals surface area contributed by atoms with Crippen LogP contribution >= 0.6 is 0 Å². The van der Waals surface area contributed by atoms with Crippen LogP contribution in [0.1, 0.15) is 87.5 Å². The topological polar surface area (TPSA) is 66.4 Å². The molecule has 0 fully saturated rings. The zero-order valence-electron chi connectivity index (χ0n) is 24.3. The lowest BCUT2D eigenvalue weighted by atomic mass is 10.0. The van der Waals surface area contributed by atoms with Crippen molar-refractivity contribution in [3.63, 3.8) is 0 Å². The van der Waals surface area contributed by atoms with Gasteiger partial charge in [0.05, 0.1) is 11.7 Å². The molecule has 0 aliphatic carbocycles. The van der Waals surface area contributed by atoms with Crippen molar-refractivity contribution in [3.05, 3.63) is 30.1 Å². The van der Waals surface area contributed by atoms with Crippen LogP contribution in [0.4, 0.5) is 0 Å². The number of nitrogens with one attached hydrogen (secondary N) is 1. The highest BCUT2D eigenvalue weighted by Crippen LogP contribution is 2.42. The largest absolute Gasteiger partial charge is 0.598 e. The summed E-state index contributed by atoms with van der Waals surface area (Å²) in [6, 6.07) is 5.74. The maximum atomic E-state index is 13.3. The van der Waals surface area contributed by atoms with Gasteiger partial charge >= 0.3 is 0 Å². The van der Waals surface area contributed by atoms with Gasteiger partial charge in [-0.3, -0.25) is 4.98 Å². The molecule has 0 aromatic carbocycles. The van der Waals surface area contributed by atoms with E-state index in [1.807, 2.05) is 45.2 Å². The van der Waals surface area contributed by atoms with Crippen LogP contribution < -0.4 is 4.72 Å². The van der Waals surface area contributed by atoms with Crippen molar-refractivity contribution in [2.45, 2.75) is 135 Å². The van der Waals surface area contributed by atoms with E-state index < -0.39 is 32.7 Å². The minimum Gasteiger partial charge on any atom is -0.598 e. The molecule has 0 aliphatic heterocycles. The zero-order valence-corrected chi connectivity index (χ0v) is 27.1. The second kappa shape index (κ2) is 11.4. The van der Waals surface area contributed by atoms with Gasteiger partial charge in [-0.15, -0.1) is 4.72 Å². The van der Waals surface area contributed by atoms with E-state index in [9.17, 15) is 4.55 Å². The third kappa shape index (κ3) is 9.02. The molecule has 0 amide bonds. The van der Waals surface area contributed by atoms with Crippen molar-refractivity contribution in [2.24, 2.45) is 0 Å². The Morgan fingerprint density at radius 2 is 1.41 bits per heavy atom. The molecule has 1 N–H and O–H groups in total. The molecule has 0 bridgehead atoms. The fourth-order valence-electron chi connectivity index (χ4n) is 3.02. The van der Waals surface area contributed by atoms with E-state index in [1.165, 1.54) is 0 Å².